The van der Waals surface area contributed by atoms with E-state index in [0.29, 0.717) is 0 Å². The number of hydrogen-bond acceptors (Lipinski definition) is 3. The Morgan fingerprint density at radius 2 is 1.71 bits per heavy atom. The molecule has 0 atom stereocenters. The van der Waals surface area contributed by atoms with Crippen LogP contribution >= 0.6 is 0 Å². The molecule has 0 aliphatic rings. The van der Waals surface area contributed by atoms with E-state index in [1.54, 1.807) is 0 Å². The zero-order valence-electron chi connectivity index (χ0n) is 3.08. The molecule has 0 radical (unpaired) electrons. The van der Waals surface area contributed by atoms with E-state index in [0.717, 1.165) is 7.11 Å². The molecule has 40 valence electrons. The van der Waals surface area contributed by atoms with Gasteiger partial charge in [0.05, 0.1) is 0 Å². The van der Waals surface area contributed by atoms with Gasteiger partial charge in [0, 0.05) is 0 Å². The van der Waals surface area contributed by atoms with Crippen molar-refractivity contribution in [1.82, 2.24) is 0 Å². The molecular weight excluding hydrogens is 178 g/mol. The van der Waals surface area contributed by atoms with E-state index < -0.39 is 13.4 Å². The van der Waals surface area contributed by atoms with Crippen LogP contribution < -0.4 is 0 Å². The third-order valence-corrected chi connectivity index (χ3v) is 1.09. The third kappa shape index (κ3) is 11.0. The van der Waals surface area contributed by atoms with Crippen molar-refractivity contribution in [2.45, 2.75) is 0 Å². The van der Waals surface area contributed by atoms with Crippen LogP contribution in [-0.4, -0.2) is 54.2 Å². The molecule has 0 rings (SSSR count). The van der Waals surface area contributed by atoms with E-state index in [1.165, 1.54) is 0 Å². The molecule has 0 unspecified atom stereocenters. The summed E-state index contributed by atoms with van der Waals surface area (Å²) in [5.74, 6) is 0. The van der Waals surface area contributed by atoms with Crippen LogP contribution in [0.15, 0.2) is 0 Å². The Hall–Kier alpha value is 1.04. The van der Waals surface area contributed by atoms with E-state index in [9.17, 15) is 7.67 Å². The Kier molecular flexibility index (Phi) is 6.20. The molecule has 0 bridgehead atoms. The van der Waals surface area contributed by atoms with Gasteiger partial charge in [-0.1, -0.05) is 0 Å². The second-order valence-electron chi connectivity index (χ2n) is 0.594. The predicted octanol–water partition coefficient (Wildman–Crippen LogP) is -1.73. The number of rotatable bonds is 1. The average molecular weight is 183 g/mol. The minimum atomic E-state index is -4.78. The van der Waals surface area contributed by atoms with Crippen molar-refractivity contribution in [2.75, 3.05) is 7.11 Å². The van der Waals surface area contributed by atoms with Crippen molar-refractivity contribution >= 4 is 42.9 Å². The van der Waals surface area contributed by atoms with Gasteiger partial charge in [-0.3, -0.25) is 0 Å². The van der Waals surface area contributed by atoms with Gasteiger partial charge in [0.15, 0.2) is 0 Å². The molecule has 1 N–H and O–H groups in total. The van der Waals surface area contributed by atoms with Crippen molar-refractivity contribution in [3.05, 3.63) is 0 Å². The fourth-order valence-corrected chi connectivity index (χ4v) is 0. The van der Waals surface area contributed by atoms with E-state index in [4.69, 9.17) is 4.19 Å². The van der Waals surface area contributed by atoms with Gasteiger partial charge >= 0.3 is 65.7 Å². The van der Waals surface area contributed by atoms with Gasteiger partial charge in [0.25, 0.3) is 0 Å². The first-order valence-electron chi connectivity index (χ1n) is 1.09. The van der Waals surface area contributed by atoms with Gasteiger partial charge in [-0.2, -0.15) is 0 Å². The Morgan fingerprint density at radius 3 is 1.71 bits per heavy atom. The molecule has 7 heavy (non-hydrogen) atoms. The minimum absolute atomic E-state index is 0. The van der Waals surface area contributed by atoms with E-state index in [1.807, 2.05) is 0 Å². The molecule has 4 nitrogen and oxygen atoms in total. The summed E-state index contributed by atoms with van der Waals surface area (Å²) >= 11 is -4.78. The van der Waals surface area contributed by atoms with Gasteiger partial charge < -0.3 is 0 Å². The fourth-order valence-electron chi connectivity index (χ4n) is 0. The molecule has 0 aromatic heterocycles. The van der Waals surface area contributed by atoms with Gasteiger partial charge in [0.1, 0.15) is 0 Å². The first-order valence-corrected chi connectivity index (χ1v) is 3.96. The van der Waals surface area contributed by atoms with Crippen LogP contribution in [-0.2, 0) is 11.5 Å². The van der Waals surface area contributed by atoms with Crippen LogP contribution in [0.2, 0.25) is 0 Å². The quantitative estimate of drug-likeness (QED) is 0.491. The summed E-state index contributed by atoms with van der Waals surface area (Å²) in [5.41, 5.74) is 0. The van der Waals surface area contributed by atoms with Crippen molar-refractivity contribution in [2.24, 2.45) is 0 Å². The standard InChI is InChI=1S/CH4O4Se.Na.H/c1-5-6(2,3)4;;/h1H3,(H,2,3,4);;. The molecular formula is CH5NaO4Se. The summed E-state index contributed by atoms with van der Waals surface area (Å²) in [7, 11) is 0.903. The van der Waals surface area contributed by atoms with E-state index in [-0.39, 0.29) is 29.6 Å². The molecule has 0 amide bonds. The van der Waals surface area contributed by atoms with Crippen LogP contribution in [0, 0.1) is 0 Å². The maximum absolute atomic E-state index is 9.41. The van der Waals surface area contributed by atoms with Crippen LogP contribution in [0.5, 0.6) is 0 Å². The molecule has 0 aromatic rings. The Morgan fingerprint density at radius 1 is 1.57 bits per heavy atom. The second kappa shape index (κ2) is 3.97. The predicted molar refractivity (Wildman–Crippen MR) is 23.5 cm³/mol. The Labute approximate surface area is 65.4 Å². The summed E-state index contributed by atoms with van der Waals surface area (Å²) in [5, 5.41) is 0. The SMILES string of the molecule is CO[Se](=O)(=O)O.[NaH]. The third-order valence-electron chi connectivity index (χ3n) is 0.211. The van der Waals surface area contributed by atoms with Gasteiger partial charge in [-0.05, 0) is 0 Å². The van der Waals surface area contributed by atoms with Crippen LogP contribution in [0.3, 0.4) is 0 Å². The number of hydrogen-bond donors (Lipinski definition) is 1. The molecule has 0 saturated carbocycles. The summed E-state index contributed by atoms with van der Waals surface area (Å²) in [6, 6.07) is 0. The summed E-state index contributed by atoms with van der Waals surface area (Å²) in [4.78, 5) is 0. The van der Waals surface area contributed by atoms with Gasteiger partial charge in [0.2, 0.25) is 0 Å². The first kappa shape index (κ1) is 10.9. The zero-order chi connectivity index (χ0) is 5.21. The molecule has 0 fully saturated rings. The fraction of sp³-hybridized carbons (Fsp3) is 1.00. The van der Waals surface area contributed by atoms with Crippen molar-refractivity contribution in [3.8, 4) is 0 Å². The molecule has 0 aromatic carbocycles. The van der Waals surface area contributed by atoms with Crippen LogP contribution in [0.4, 0.5) is 0 Å². The Balaban J connectivity index is 0. The molecule has 0 saturated heterocycles. The topological polar surface area (TPSA) is 63.6 Å². The molecule has 0 spiro atoms. The van der Waals surface area contributed by atoms with Crippen molar-refractivity contribution < 1.29 is 15.7 Å². The summed E-state index contributed by atoms with van der Waals surface area (Å²) in [6.45, 7) is 0. The monoisotopic (exact) mass is 184 g/mol. The van der Waals surface area contributed by atoms with Crippen molar-refractivity contribution in [3.63, 3.8) is 0 Å². The molecule has 0 aliphatic heterocycles. The van der Waals surface area contributed by atoms with Crippen LogP contribution in [0.1, 0.15) is 0 Å². The van der Waals surface area contributed by atoms with Crippen LogP contribution in [0.25, 0.3) is 0 Å². The van der Waals surface area contributed by atoms with E-state index >= 15 is 0 Å². The maximum atomic E-state index is 9.41. The summed E-state index contributed by atoms with van der Waals surface area (Å²) < 4.78 is 30.0. The first-order chi connectivity index (χ1) is 2.56. The zero-order valence-corrected chi connectivity index (χ0v) is 4.79. The van der Waals surface area contributed by atoms with Gasteiger partial charge in [-0.15, -0.1) is 0 Å². The van der Waals surface area contributed by atoms with Gasteiger partial charge in [-0.25, -0.2) is 0 Å². The van der Waals surface area contributed by atoms with Crippen molar-refractivity contribution in [1.29, 1.82) is 0 Å². The molecule has 6 heteroatoms. The average Bonchev–Trinajstić information content (AvgIpc) is 1.35. The molecule has 0 heterocycles. The normalized spacial score (nSPS) is 10.0. The molecule has 0 aliphatic carbocycles. The van der Waals surface area contributed by atoms with E-state index in [2.05, 4.69) is 3.82 Å². The summed E-state index contributed by atoms with van der Waals surface area (Å²) in [6.07, 6.45) is 0. The Bertz CT molecular complexity index is 114. The second-order valence-corrected chi connectivity index (χ2v) is 3.09.